The molecule has 0 bridgehead atoms. The minimum absolute atomic E-state index is 0.280. The van der Waals surface area contributed by atoms with E-state index in [9.17, 15) is 9.59 Å². The van der Waals surface area contributed by atoms with E-state index in [1.807, 2.05) is 0 Å². The number of hydrogen-bond acceptors (Lipinski definition) is 5. The van der Waals surface area contributed by atoms with Crippen LogP contribution < -0.4 is 4.74 Å². The Hall–Kier alpha value is -1.13. The molecule has 1 rings (SSSR count). The van der Waals surface area contributed by atoms with E-state index in [2.05, 4.69) is 36.3 Å². The summed E-state index contributed by atoms with van der Waals surface area (Å²) in [7, 11) is 2.63. The molecule has 0 heterocycles. The number of rotatable bonds is 23. The fourth-order valence-corrected chi connectivity index (χ4v) is 14.0. The van der Waals surface area contributed by atoms with Crippen molar-refractivity contribution in [3.63, 3.8) is 0 Å². The first-order valence-electron chi connectivity index (χ1n) is 15.4. The summed E-state index contributed by atoms with van der Waals surface area (Å²) in [6.45, 7) is 7.56. The molecule has 0 aliphatic heterocycles. The summed E-state index contributed by atoms with van der Waals surface area (Å²) in [5.74, 6) is -0.528. The first-order valence-corrected chi connectivity index (χ1v) is 20.4. The summed E-state index contributed by atoms with van der Waals surface area (Å²) in [5.41, 5.74) is 0.559. The minimum atomic E-state index is -1.74. The van der Waals surface area contributed by atoms with E-state index >= 15 is 0 Å². The molecule has 1 aromatic rings. The summed E-state index contributed by atoms with van der Waals surface area (Å²) in [6, 6.07) is 4.69. The maximum atomic E-state index is 11.9. The molecule has 0 atom stereocenters. The summed E-state index contributed by atoms with van der Waals surface area (Å²) in [5, 5.41) is -1.74. The normalized spacial score (nSPS) is 12.5. The predicted molar refractivity (Wildman–Crippen MR) is 172 cm³/mol. The van der Waals surface area contributed by atoms with Crippen molar-refractivity contribution in [3.8, 4) is 5.75 Å². The first kappa shape index (κ1) is 35.9. The van der Waals surface area contributed by atoms with E-state index in [0.717, 1.165) is 12.8 Å². The van der Waals surface area contributed by atoms with Gasteiger partial charge in [0.05, 0.1) is 25.3 Å². The quantitative estimate of drug-likeness (QED) is 0.0684. The molecule has 5 nitrogen and oxygen atoms in total. The zero-order valence-corrected chi connectivity index (χ0v) is 28.0. The van der Waals surface area contributed by atoms with Crippen molar-refractivity contribution in [2.24, 2.45) is 0 Å². The number of hydrogen-bond donors (Lipinski definition) is 0. The Balaban J connectivity index is 2.36. The Kier molecular flexibility index (Phi) is 18.3. The van der Waals surface area contributed by atoms with Crippen LogP contribution in [0, 0.1) is 0 Å². The van der Waals surface area contributed by atoms with Gasteiger partial charge in [-0.1, -0.05) is 0 Å². The molecular weight excluding hydrogens is 575 g/mol. The molecule has 0 aliphatic carbocycles. The van der Waals surface area contributed by atoms with Gasteiger partial charge in [0.15, 0.2) is 0 Å². The smallest absolute Gasteiger partial charge is 0.465 e. The van der Waals surface area contributed by atoms with Gasteiger partial charge in [-0.15, -0.1) is 0 Å². The van der Waals surface area contributed by atoms with Crippen LogP contribution in [-0.4, -0.2) is 57.4 Å². The van der Waals surface area contributed by atoms with Crippen molar-refractivity contribution in [2.45, 2.75) is 111 Å². The second-order valence-electron chi connectivity index (χ2n) is 11.2. The average Bonchev–Trinajstić information content (AvgIpc) is 2.96. The van der Waals surface area contributed by atoms with Crippen molar-refractivity contribution in [1.82, 2.24) is 0 Å². The molecule has 0 saturated carbocycles. The van der Waals surface area contributed by atoms with Gasteiger partial charge >= 0.3 is 185 Å². The van der Waals surface area contributed by atoms with Gasteiger partial charge in [-0.05, 0) is 18.2 Å². The van der Waals surface area contributed by atoms with Crippen molar-refractivity contribution >= 4 is 32.7 Å². The molecule has 7 heteroatoms. The van der Waals surface area contributed by atoms with Crippen molar-refractivity contribution in [1.29, 1.82) is 0 Å². The maximum absolute atomic E-state index is 11.9. The second kappa shape index (κ2) is 19.9. The third-order valence-corrected chi connectivity index (χ3v) is 17.8. The zero-order valence-electron chi connectivity index (χ0n) is 25.5. The van der Waals surface area contributed by atoms with Gasteiger partial charge in [-0.2, -0.15) is 0 Å². The van der Waals surface area contributed by atoms with Gasteiger partial charge < -0.3 is 9.47 Å². The summed E-state index contributed by atoms with van der Waals surface area (Å²) < 4.78 is 15.4. The van der Waals surface area contributed by atoms with Crippen LogP contribution in [0.3, 0.4) is 0 Å². The molecule has 0 N–H and O–H groups in total. The molecule has 226 valence electrons. The van der Waals surface area contributed by atoms with Crippen LogP contribution in [0.1, 0.15) is 131 Å². The average molecular weight is 632 g/mol. The number of carbonyl (C=O) groups excluding carboxylic acids is 2. The Labute approximate surface area is 247 Å². The number of esters is 2. The van der Waals surface area contributed by atoms with Crippen molar-refractivity contribution in [2.75, 3.05) is 45.5 Å². The van der Waals surface area contributed by atoms with Crippen LogP contribution in [0.5, 0.6) is 5.75 Å². The molecule has 39 heavy (non-hydrogen) atoms. The third-order valence-electron chi connectivity index (χ3n) is 7.84. The van der Waals surface area contributed by atoms with Gasteiger partial charge in [-0.3, -0.25) is 0 Å². The van der Waals surface area contributed by atoms with Crippen LogP contribution >= 0.6 is 20.8 Å². The van der Waals surface area contributed by atoms with E-state index in [0.29, 0.717) is 12.4 Å². The van der Waals surface area contributed by atoms with Crippen LogP contribution in [0.4, 0.5) is 0 Å². The molecule has 0 aromatic heterocycles. The molecular formula is C32H56BrO5P. The van der Waals surface area contributed by atoms with E-state index in [1.54, 1.807) is 12.1 Å². The fourth-order valence-electron chi connectivity index (χ4n) is 5.34. The molecule has 0 fully saturated rings. The summed E-state index contributed by atoms with van der Waals surface area (Å²) in [4.78, 5) is 23.9. The Morgan fingerprint density at radius 3 is 1.41 bits per heavy atom. The zero-order chi connectivity index (χ0) is 29.0. The number of benzene rings is 1. The van der Waals surface area contributed by atoms with Crippen LogP contribution in [0.15, 0.2) is 18.2 Å². The molecule has 1 aromatic carbocycles. The van der Waals surface area contributed by atoms with E-state index in [1.165, 1.54) is 122 Å². The van der Waals surface area contributed by atoms with Gasteiger partial charge in [-0.25, -0.2) is 9.59 Å². The molecule has 0 saturated heterocycles. The number of ether oxygens (including phenoxy) is 3. The Morgan fingerprint density at radius 2 is 1.00 bits per heavy atom. The van der Waals surface area contributed by atoms with E-state index in [4.69, 9.17) is 14.2 Å². The Morgan fingerprint density at radius 1 is 0.615 bits per heavy atom. The van der Waals surface area contributed by atoms with Gasteiger partial charge in [0.1, 0.15) is 0 Å². The summed E-state index contributed by atoms with van der Waals surface area (Å²) in [6.07, 6.45) is 23.8. The topological polar surface area (TPSA) is 61.8 Å². The van der Waals surface area contributed by atoms with Crippen molar-refractivity contribution in [3.05, 3.63) is 29.3 Å². The number of methoxy groups -OCH3 is 2. The van der Waals surface area contributed by atoms with E-state index in [-0.39, 0.29) is 11.1 Å². The van der Waals surface area contributed by atoms with Crippen LogP contribution in [0.25, 0.3) is 0 Å². The standard InChI is InChI=1S/C32H56BrO5P/c1-6-9-21-39(33,22-10-7-2,23-11-8-3)24-19-17-15-13-12-14-16-18-20-38-30-26-28(31(34)36-4)25-29(27-30)32(35)37-5/h25-27H,6-24H2,1-5H3. The van der Waals surface area contributed by atoms with Gasteiger partial charge in [0.2, 0.25) is 0 Å². The van der Waals surface area contributed by atoms with Gasteiger partial charge in [0, 0.05) is 0 Å². The molecule has 0 spiro atoms. The first-order chi connectivity index (χ1) is 18.7. The van der Waals surface area contributed by atoms with Gasteiger partial charge in [0.25, 0.3) is 0 Å². The summed E-state index contributed by atoms with van der Waals surface area (Å²) >= 11 is 4.53. The van der Waals surface area contributed by atoms with Crippen LogP contribution in [0.2, 0.25) is 0 Å². The predicted octanol–water partition coefficient (Wildman–Crippen LogP) is 10.0. The molecule has 0 amide bonds. The van der Waals surface area contributed by atoms with Crippen LogP contribution in [-0.2, 0) is 9.47 Å². The number of carbonyl (C=O) groups is 2. The Bertz CT molecular complexity index is 785. The molecule has 0 unspecified atom stereocenters. The fraction of sp³-hybridized carbons (Fsp3) is 0.750. The number of unbranched alkanes of at least 4 members (excludes halogenated alkanes) is 10. The molecule has 0 radical (unpaired) electrons. The number of halogens is 1. The molecule has 0 aliphatic rings. The third kappa shape index (κ3) is 13.9. The SMILES string of the molecule is CCCCP(Br)(CCCC)(CCCC)CCCCCCCCCCOc1cc(C(=O)OC)cc(C(=O)OC)c1. The second-order valence-corrected chi connectivity index (χ2v) is 22.6. The van der Waals surface area contributed by atoms with Crippen molar-refractivity contribution < 1.29 is 23.8 Å². The minimum Gasteiger partial charge on any atom is -0.465 e. The monoisotopic (exact) mass is 630 g/mol. The van der Waals surface area contributed by atoms with E-state index < -0.39 is 17.2 Å².